The third kappa shape index (κ3) is 1.96. The van der Waals surface area contributed by atoms with Crippen LogP contribution in [0.1, 0.15) is 12.5 Å². The van der Waals surface area contributed by atoms with Gasteiger partial charge in [0.25, 0.3) is 0 Å². The quantitative estimate of drug-likeness (QED) is 0.635. The van der Waals surface area contributed by atoms with E-state index in [1.165, 1.54) is 19.1 Å². The zero-order valence-corrected chi connectivity index (χ0v) is 7.29. The Labute approximate surface area is 75.6 Å². The Balaban J connectivity index is 3.16. The van der Waals surface area contributed by atoms with Crippen LogP contribution in [-0.2, 0) is 5.54 Å². The van der Waals surface area contributed by atoms with Gasteiger partial charge in [0, 0.05) is 11.6 Å². The molecule has 0 aromatic heterocycles. The van der Waals surface area contributed by atoms with Crippen LogP contribution in [0.2, 0.25) is 0 Å². The highest BCUT2D eigenvalue weighted by Crippen LogP contribution is 2.23. The highest BCUT2D eigenvalue weighted by molar-refractivity contribution is 5.32. The van der Waals surface area contributed by atoms with Gasteiger partial charge in [0.05, 0.1) is 12.1 Å². The number of aliphatic hydroxyl groups excluding tert-OH is 1. The van der Waals surface area contributed by atoms with Gasteiger partial charge in [0.2, 0.25) is 0 Å². The smallest absolute Gasteiger partial charge is 0.132 e. The maximum atomic E-state index is 13.2. The largest absolute Gasteiger partial charge is 0.508 e. The van der Waals surface area contributed by atoms with Crippen molar-refractivity contribution in [3.8, 4) is 5.75 Å². The van der Waals surface area contributed by atoms with Gasteiger partial charge in [-0.05, 0) is 13.0 Å². The molecule has 3 nitrogen and oxygen atoms in total. The lowest BCUT2D eigenvalue weighted by molar-refractivity contribution is 0.206. The average molecular weight is 185 g/mol. The summed E-state index contributed by atoms with van der Waals surface area (Å²) in [4.78, 5) is 0. The summed E-state index contributed by atoms with van der Waals surface area (Å²) in [6.45, 7) is 1.16. The third-order valence-corrected chi connectivity index (χ3v) is 1.90. The topological polar surface area (TPSA) is 66.5 Å². The Morgan fingerprint density at radius 2 is 2.15 bits per heavy atom. The Morgan fingerprint density at radius 1 is 1.54 bits per heavy atom. The van der Waals surface area contributed by atoms with Crippen molar-refractivity contribution in [1.29, 1.82) is 0 Å². The first-order valence-corrected chi connectivity index (χ1v) is 3.86. The normalized spacial score (nSPS) is 15.4. The number of hydrogen-bond donors (Lipinski definition) is 3. The van der Waals surface area contributed by atoms with E-state index in [1.807, 2.05) is 0 Å². The van der Waals surface area contributed by atoms with Crippen molar-refractivity contribution in [1.82, 2.24) is 0 Å². The summed E-state index contributed by atoms with van der Waals surface area (Å²) in [5, 5.41) is 17.8. The van der Waals surface area contributed by atoms with Gasteiger partial charge in [0.1, 0.15) is 11.6 Å². The predicted octanol–water partition coefficient (Wildman–Crippen LogP) is 0.698. The summed E-state index contributed by atoms with van der Waals surface area (Å²) in [7, 11) is 0. The standard InChI is InChI=1S/C9H12FNO2/c1-9(11,5-12)7-3-2-6(13)4-8(7)10/h2-4,12-13H,5,11H2,1H3/t9-/m1/s1. The van der Waals surface area contributed by atoms with Crippen LogP contribution < -0.4 is 5.73 Å². The fourth-order valence-electron chi connectivity index (χ4n) is 1.05. The van der Waals surface area contributed by atoms with Crippen molar-refractivity contribution in [2.24, 2.45) is 5.73 Å². The van der Waals surface area contributed by atoms with Gasteiger partial charge >= 0.3 is 0 Å². The van der Waals surface area contributed by atoms with Crippen LogP contribution in [0.3, 0.4) is 0 Å². The second kappa shape index (κ2) is 3.32. The summed E-state index contributed by atoms with van der Waals surface area (Å²) in [6.07, 6.45) is 0. The second-order valence-corrected chi connectivity index (χ2v) is 3.24. The molecule has 4 heteroatoms. The number of phenols is 1. The van der Waals surface area contributed by atoms with Gasteiger partial charge in [-0.2, -0.15) is 0 Å². The molecule has 1 aromatic carbocycles. The van der Waals surface area contributed by atoms with Gasteiger partial charge in [0.15, 0.2) is 0 Å². The number of benzene rings is 1. The SMILES string of the molecule is C[C@@](N)(CO)c1ccc(O)cc1F. The van der Waals surface area contributed by atoms with Gasteiger partial charge in [-0.1, -0.05) is 6.07 Å². The number of aliphatic hydroxyl groups is 1. The molecule has 0 spiro atoms. The molecule has 1 aromatic rings. The van der Waals surface area contributed by atoms with Crippen LogP contribution in [0.15, 0.2) is 18.2 Å². The Kier molecular flexibility index (Phi) is 2.54. The average Bonchev–Trinajstić information content (AvgIpc) is 2.03. The van der Waals surface area contributed by atoms with Crippen molar-refractivity contribution in [2.45, 2.75) is 12.5 Å². The number of aromatic hydroxyl groups is 1. The van der Waals surface area contributed by atoms with Crippen LogP contribution in [0.5, 0.6) is 5.75 Å². The number of halogens is 1. The summed E-state index contributed by atoms with van der Waals surface area (Å²) in [5.41, 5.74) is 4.69. The zero-order chi connectivity index (χ0) is 10.1. The molecular formula is C9H12FNO2. The van der Waals surface area contributed by atoms with E-state index in [2.05, 4.69) is 0 Å². The lowest BCUT2D eigenvalue weighted by Crippen LogP contribution is -2.37. The second-order valence-electron chi connectivity index (χ2n) is 3.24. The number of rotatable bonds is 2. The maximum Gasteiger partial charge on any atom is 0.132 e. The molecule has 0 fully saturated rings. The van der Waals surface area contributed by atoms with Crippen molar-refractivity contribution >= 4 is 0 Å². The van der Waals surface area contributed by atoms with E-state index in [1.54, 1.807) is 0 Å². The molecule has 4 N–H and O–H groups in total. The first kappa shape index (κ1) is 9.95. The van der Waals surface area contributed by atoms with E-state index in [0.29, 0.717) is 0 Å². The van der Waals surface area contributed by atoms with E-state index in [0.717, 1.165) is 6.07 Å². The number of nitrogens with two attached hydrogens (primary N) is 1. The third-order valence-electron chi connectivity index (χ3n) is 1.90. The Hall–Kier alpha value is -1.13. The van der Waals surface area contributed by atoms with Crippen LogP contribution in [0.4, 0.5) is 4.39 Å². The summed E-state index contributed by atoms with van der Waals surface area (Å²) < 4.78 is 13.2. The Bertz CT molecular complexity index is 312. The van der Waals surface area contributed by atoms with Gasteiger partial charge in [-0.25, -0.2) is 4.39 Å². The molecule has 1 atom stereocenters. The highest BCUT2D eigenvalue weighted by Gasteiger charge is 2.23. The minimum atomic E-state index is -1.11. The summed E-state index contributed by atoms with van der Waals surface area (Å²) >= 11 is 0. The van der Waals surface area contributed by atoms with Crippen molar-refractivity contribution in [3.63, 3.8) is 0 Å². The first-order valence-electron chi connectivity index (χ1n) is 3.86. The highest BCUT2D eigenvalue weighted by atomic mass is 19.1. The first-order chi connectivity index (χ1) is 5.97. The van der Waals surface area contributed by atoms with E-state index >= 15 is 0 Å². The van der Waals surface area contributed by atoms with Gasteiger partial charge < -0.3 is 15.9 Å². The van der Waals surface area contributed by atoms with E-state index in [-0.39, 0.29) is 17.9 Å². The van der Waals surface area contributed by atoms with Crippen molar-refractivity contribution < 1.29 is 14.6 Å². The predicted molar refractivity (Wildman–Crippen MR) is 46.7 cm³/mol. The van der Waals surface area contributed by atoms with Crippen LogP contribution in [-0.4, -0.2) is 16.8 Å². The minimum absolute atomic E-state index is 0.157. The molecular weight excluding hydrogens is 173 g/mol. The lowest BCUT2D eigenvalue weighted by atomic mass is 9.94. The molecule has 72 valence electrons. The van der Waals surface area contributed by atoms with Crippen molar-refractivity contribution in [2.75, 3.05) is 6.61 Å². The Morgan fingerprint density at radius 3 is 2.62 bits per heavy atom. The van der Waals surface area contributed by atoms with Crippen LogP contribution >= 0.6 is 0 Å². The molecule has 0 saturated carbocycles. The number of hydrogen-bond acceptors (Lipinski definition) is 3. The van der Waals surface area contributed by atoms with Crippen molar-refractivity contribution in [3.05, 3.63) is 29.6 Å². The molecule has 13 heavy (non-hydrogen) atoms. The summed E-state index contributed by atoms with van der Waals surface area (Å²) in [6, 6.07) is 3.66. The van der Waals surface area contributed by atoms with Crippen LogP contribution in [0, 0.1) is 5.82 Å². The maximum absolute atomic E-state index is 13.2. The fraction of sp³-hybridized carbons (Fsp3) is 0.333. The zero-order valence-electron chi connectivity index (χ0n) is 7.29. The summed E-state index contributed by atoms with van der Waals surface area (Å²) in [5.74, 6) is -0.769. The molecule has 0 unspecified atom stereocenters. The van der Waals surface area contributed by atoms with Gasteiger partial charge in [-0.3, -0.25) is 0 Å². The molecule has 0 amide bonds. The molecule has 0 aliphatic rings. The molecule has 0 heterocycles. The lowest BCUT2D eigenvalue weighted by Gasteiger charge is -2.22. The molecule has 1 rings (SSSR count). The fourth-order valence-corrected chi connectivity index (χ4v) is 1.05. The molecule has 0 aliphatic carbocycles. The molecule has 0 saturated heterocycles. The molecule has 0 aliphatic heterocycles. The monoisotopic (exact) mass is 185 g/mol. The van der Waals surface area contributed by atoms with Gasteiger partial charge in [-0.15, -0.1) is 0 Å². The van der Waals surface area contributed by atoms with Crippen LogP contribution in [0.25, 0.3) is 0 Å². The minimum Gasteiger partial charge on any atom is -0.508 e. The number of phenolic OH excluding ortho intramolecular Hbond substituents is 1. The van der Waals surface area contributed by atoms with E-state index < -0.39 is 11.4 Å². The van der Waals surface area contributed by atoms with E-state index in [4.69, 9.17) is 15.9 Å². The molecule has 0 radical (unpaired) electrons. The van der Waals surface area contributed by atoms with E-state index in [9.17, 15) is 4.39 Å². The molecule has 0 bridgehead atoms.